The van der Waals surface area contributed by atoms with Gasteiger partial charge in [0.2, 0.25) is 17.7 Å². The highest BCUT2D eigenvalue weighted by atomic mass is 16.6. The van der Waals surface area contributed by atoms with Crippen LogP contribution in [0.2, 0.25) is 0 Å². The molecule has 9 aromatic rings. The van der Waals surface area contributed by atoms with Crippen molar-refractivity contribution in [2.24, 2.45) is 5.73 Å². The molecule has 0 saturated carbocycles. The largest absolute Gasteiger partial charge is 0.480 e. The number of aromatic carboxylic acids is 1. The van der Waals surface area contributed by atoms with E-state index in [1.807, 2.05) is 97.1 Å². The van der Waals surface area contributed by atoms with Gasteiger partial charge >= 0.3 is 42.2 Å². The molecule has 0 aliphatic heterocycles. The van der Waals surface area contributed by atoms with E-state index in [1.165, 1.54) is 58.5 Å². The first-order valence-electron chi connectivity index (χ1n) is 40.6. The molecule has 0 spiro atoms. The molecule has 0 aromatic heterocycles. The minimum Gasteiger partial charge on any atom is -0.480 e. The van der Waals surface area contributed by atoms with Crippen LogP contribution in [0.5, 0.6) is 0 Å². The van der Waals surface area contributed by atoms with Crippen molar-refractivity contribution >= 4 is 204 Å². The molecule has 3 aliphatic rings. The lowest BCUT2D eigenvalue weighted by atomic mass is 8.60. The number of carbonyl (C=O) groups is 12. The maximum Gasteiger partial charge on any atom is 0.407 e. The number of carboxylic acids is 3. The number of aliphatic hydroxyl groups excluding tert-OH is 2. The molecule has 0 heterocycles. The number of amides is 8. The Morgan fingerprint density at radius 2 is 0.649 bits per heavy atom. The molecular formula is C85H94B18N10O21-2. The maximum absolute atomic E-state index is 12.0. The molecule has 0 saturated heterocycles. The van der Waals surface area contributed by atoms with Crippen molar-refractivity contribution in [1.82, 2.24) is 47.8 Å². The number of carboxylic acid groups (broad SMARTS) is 3. The van der Waals surface area contributed by atoms with Crippen LogP contribution in [0.4, 0.5) is 14.4 Å². The van der Waals surface area contributed by atoms with Crippen LogP contribution in [0, 0.1) is 0 Å². The van der Waals surface area contributed by atoms with Crippen molar-refractivity contribution in [3.05, 3.63) is 285 Å². The van der Waals surface area contributed by atoms with Crippen molar-refractivity contribution in [1.29, 1.82) is 0 Å². The SMILES string of the molecule is CN.CNC(=O)CNC(=O)OCC1c2ccccc2-c2ccccc21.CNC(=O)CNC(=O)c1ccc(CO)cc1.O=C(O)CNC(=O)OCC1c2ccccc2-c2ccccc21.O=C(O)CNC(=O)OCC1c2ccccc2-c2ccccc21.O=C(O)c1ccc(CO)cc1.[B]B([B])[B].[B][B].[B][B]B([BH3-])B(NCC(=O)OCc1ccc(C(=O)NCC(=O)NC)cc1)[B-]([B])([B])[B].[B][B][B]. The number of likely N-dealkylation sites (N-methyl/N-ethyl adjacent to an activating group) is 3. The van der Waals surface area contributed by atoms with Gasteiger partial charge in [-0.05, 0) is 142 Å². The fourth-order valence-corrected chi connectivity index (χ4v) is 12.5. The van der Waals surface area contributed by atoms with Crippen molar-refractivity contribution < 1.29 is 102 Å². The smallest absolute Gasteiger partial charge is 0.407 e. The van der Waals surface area contributed by atoms with Gasteiger partial charge in [0, 0.05) is 118 Å². The highest BCUT2D eigenvalue weighted by molar-refractivity contribution is 7.97. The number of nitrogens with two attached hydrogens (primary N) is 1. The summed E-state index contributed by atoms with van der Waals surface area (Å²) in [6.07, 6.45) is -2.69. The summed E-state index contributed by atoms with van der Waals surface area (Å²) in [6.45, 7) is -1.17. The topological polar surface area (TPSA) is 477 Å². The Morgan fingerprint density at radius 1 is 0.396 bits per heavy atom. The fourth-order valence-electron chi connectivity index (χ4n) is 12.5. The summed E-state index contributed by atoms with van der Waals surface area (Å²) in [6, 6.07) is 67.5. The van der Waals surface area contributed by atoms with Crippen LogP contribution in [-0.4, -0.2) is 317 Å². The van der Waals surface area contributed by atoms with Crippen molar-refractivity contribution in [2.75, 3.05) is 87.3 Å². The molecule has 24 radical (unpaired) electrons. The number of hydrogen-bond donors (Lipinski definition) is 15. The number of aliphatic hydroxyl groups is 2. The van der Waals surface area contributed by atoms with Crippen LogP contribution in [0.1, 0.15) is 98.9 Å². The Hall–Kier alpha value is -13.0. The highest BCUT2D eigenvalue weighted by Crippen LogP contribution is 2.47. The average molecular weight is 1790 g/mol. The van der Waals surface area contributed by atoms with E-state index >= 15 is 0 Å². The molecule has 3 aliphatic carbocycles. The molecule has 0 fully saturated rings. The van der Waals surface area contributed by atoms with E-state index in [0.717, 1.165) is 73.8 Å². The van der Waals surface area contributed by atoms with Gasteiger partial charge in [-0.15, -0.1) is 12.1 Å². The zero-order valence-corrected chi connectivity index (χ0v) is 73.7. The number of carbonyl (C=O) groups excluding carboxylic acids is 9. The number of aliphatic carboxylic acids is 2. The minimum absolute atomic E-state index is 0.00453. The Balaban J connectivity index is 0.000000411. The lowest BCUT2D eigenvalue weighted by Crippen LogP contribution is -2.72. The molecule has 0 atom stereocenters. The summed E-state index contributed by atoms with van der Waals surface area (Å²) in [5, 5.41) is 65.0. The number of esters is 1. The lowest BCUT2D eigenvalue weighted by molar-refractivity contribution is -0.143. The Morgan fingerprint density at radius 3 is 0.896 bits per heavy atom. The minimum atomic E-state index is -2.17. The molecule has 31 nitrogen and oxygen atoms in total. The van der Waals surface area contributed by atoms with Gasteiger partial charge in [0.25, 0.3) is 11.8 Å². The van der Waals surface area contributed by atoms with Crippen molar-refractivity contribution in [3.63, 3.8) is 0 Å². The highest BCUT2D eigenvalue weighted by Gasteiger charge is 2.33. The number of ether oxygens (including phenoxy) is 4. The molecule has 0 bridgehead atoms. The number of hydrogen-bond acceptors (Lipinski definition) is 20. The van der Waals surface area contributed by atoms with E-state index in [1.54, 1.807) is 60.7 Å². The third-order valence-corrected chi connectivity index (χ3v) is 18.7. The van der Waals surface area contributed by atoms with Crippen molar-refractivity contribution in [2.45, 2.75) is 37.6 Å². The zero-order chi connectivity index (χ0) is 99.8. The average Bonchev–Trinajstić information content (AvgIpc) is 1.63. The molecule has 12 rings (SSSR count). The van der Waals surface area contributed by atoms with Gasteiger partial charge in [-0.25, -0.2) is 42.4 Å². The van der Waals surface area contributed by atoms with Gasteiger partial charge < -0.3 is 98.0 Å². The summed E-state index contributed by atoms with van der Waals surface area (Å²) in [4.78, 5) is 135. The monoisotopic (exact) mass is 1790 g/mol. The third-order valence-electron chi connectivity index (χ3n) is 18.7. The summed E-state index contributed by atoms with van der Waals surface area (Å²) < 4.78 is 20.9. The first kappa shape index (κ1) is 115. The molecule has 666 valence electrons. The van der Waals surface area contributed by atoms with E-state index < -0.39 is 74.0 Å². The molecule has 8 amide bonds. The van der Waals surface area contributed by atoms with Gasteiger partial charge in [-0.2, -0.15) is 0 Å². The number of rotatable bonds is 29. The van der Waals surface area contributed by atoms with Crippen LogP contribution in [0.3, 0.4) is 0 Å². The fraction of sp³-hybridized carbons (Fsp3) is 0.224. The molecule has 49 heteroatoms. The molecular weight excluding hydrogens is 1690 g/mol. The van der Waals surface area contributed by atoms with Crippen LogP contribution in [-0.2, 0) is 67.5 Å². The van der Waals surface area contributed by atoms with Crippen LogP contribution in [0.25, 0.3) is 33.4 Å². The van der Waals surface area contributed by atoms with E-state index in [-0.39, 0.29) is 133 Å². The molecule has 0 unspecified atom stereocenters. The first-order valence-corrected chi connectivity index (χ1v) is 40.6. The summed E-state index contributed by atoms with van der Waals surface area (Å²) in [5.74, 6) is -5.17. The van der Waals surface area contributed by atoms with Crippen LogP contribution < -0.4 is 53.5 Å². The van der Waals surface area contributed by atoms with E-state index in [0.29, 0.717) is 16.7 Å². The Labute approximate surface area is 798 Å². The quantitative estimate of drug-likeness (QED) is 0.0155. The summed E-state index contributed by atoms with van der Waals surface area (Å²) in [7, 11) is 62.3. The number of benzene rings is 9. The zero-order valence-electron chi connectivity index (χ0n) is 73.7. The number of alkyl carbamates (subject to hydrolysis) is 3. The summed E-state index contributed by atoms with van der Waals surface area (Å²) >= 11 is 0. The second-order valence-corrected chi connectivity index (χ2v) is 27.8. The molecule has 134 heavy (non-hydrogen) atoms. The first-order chi connectivity index (χ1) is 64.2. The van der Waals surface area contributed by atoms with E-state index in [2.05, 4.69) is 156 Å². The van der Waals surface area contributed by atoms with Gasteiger partial charge in [0.05, 0.1) is 45.0 Å². The van der Waals surface area contributed by atoms with Gasteiger partial charge in [0.15, 0.2) is 0 Å². The van der Waals surface area contributed by atoms with E-state index in [9.17, 15) is 57.5 Å². The van der Waals surface area contributed by atoms with Gasteiger partial charge in [-0.3, -0.25) is 38.4 Å². The standard InChI is InChI=1S/C18H18N2O3.2C17H15NO4.C13H19B9N3O4.C11H14N2O3.C8H8O3.CH5N.B4.B3.B2/c1-19-17(21)10-20-18(22)23-11-16-14-8-4-2-6-12(14)13-7-3-5-9-15(13)16;2*19-16(20)9-18-17(21)22-10-15-13-7-3-1-5-11(13)12-6-2-4-8-14(12)15;1-23-11(26)6-24-13(28)10-4-2-9(3-5-10)8-29-12(27)7-25-21(20(15)19-14)22(16,17)18;1-12-10(15)6-13-11(16)9-4-2-8(7-14)3-5-9;9-5-6-1-3-7(4-2-6)8(10)11;1-2;1-4(2)3;1-3-2;1-2/h2-9,16H,10-11H2,1H3,(H,19,21)(H,20,22);2*1-8,15H,9-10H2,(H,18,21)(H,19,20);2-5,25H,6-8H2,1,15H3,(H,23,26)(H,24,28);2-5,14H,6-7H2,1H3,(H,12,15)(H,13,16);1-4,9H,5H2,(H,10,11);2H2,1H3;;;/q;;;-2;;;;;;. The van der Waals surface area contributed by atoms with Crippen LogP contribution >= 0.6 is 0 Å². The summed E-state index contributed by atoms with van der Waals surface area (Å²) in [5.41, 5.74) is 19.3. The second kappa shape index (κ2) is 63.2. The normalized spacial score (nSPS) is 10.7. The molecule has 9 aromatic carbocycles. The van der Waals surface area contributed by atoms with Crippen molar-refractivity contribution in [3.8, 4) is 33.4 Å². The predicted molar refractivity (Wildman–Crippen MR) is 535 cm³/mol. The predicted octanol–water partition coefficient (Wildman–Crippen LogP) is -0.801. The maximum atomic E-state index is 12.0. The lowest BCUT2D eigenvalue weighted by Gasteiger charge is -2.44. The Bertz CT molecular complexity index is 4980. The number of nitrogens with one attached hydrogen (secondary N) is 9. The van der Waals surface area contributed by atoms with Gasteiger partial charge in [0.1, 0.15) is 39.5 Å². The van der Waals surface area contributed by atoms with E-state index in [4.69, 9.17) is 75.4 Å². The van der Waals surface area contributed by atoms with Gasteiger partial charge in [-0.1, -0.05) is 196 Å². The Kier molecular flexibility index (Phi) is 54.3. The second-order valence-electron chi connectivity index (χ2n) is 27.8. The van der Waals surface area contributed by atoms with Crippen LogP contribution in [0.15, 0.2) is 218 Å². The third kappa shape index (κ3) is 40.2. The molecule has 16 N–H and O–H groups in total. The number of fused-ring (bicyclic) bond motifs is 9.